The van der Waals surface area contributed by atoms with Crippen molar-refractivity contribution in [3.05, 3.63) is 30.3 Å². The largest absolute Gasteiger partial charge is 0.484 e. The molecular formula is C15H20N2O4. The number of ether oxygens (including phenoxy) is 2. The molecule has 1 aliphatic rings. The highest BCUT2D eigenvalue weighted by Gasteiger charge is 2.27. The third-order valence-electron chi connectivity index (χ3n) is 3.29. The molecular weight excluding hydrogens is 272 g/mol. The van der Waals surface area contributed by atoms with E-state index in [0.717, 1.165) is 6.42 Å². The summed E-state index contributed by atoms with van der Waals surface area (Å²) in [5, 5.41) is 5.40. The molecule has 2 amide bonds. The van der Waals surface area contributed by atoms with Crippen LogP contribution in [0, 0.1) is 0 Å². The highest BCUT2D eigenvalue weighted by atomic mass is 16.5. The lowest BCUT2D eigenvalue weighted by molar-refractivity contribution is -0.136. The molecule has 6 nitrogen and oxygen atoms in total. The van der Waals surface area contributed by atoms with E-state index in [9.17, 15) is 9.59 Å². The van der Waals surface area contributed by atoms with E-state index >= 15 is 0 Å². The van der Waals surface area contributed by atoms with Gasteiger partial charge in [0.1, 0.15) is 11.9 Å². The van der Waals surface area contributed by atoms with Crippen LogP contribution in [0.1, 0.15) is 12.8 Å². The average Bonchev–Trinajstić information content (AvgIpc) is 2.54. The van der Waals surface area contributed by atoms with Gasteiger partial charge in [0.15, 0.2) is 6.61 Å². The summed E-state index contributed by atoms with van der Waals surface area (Å²) < 4.78 is 10.8. The van der Waals surface area contributed by atoms with E-state index in [4.69, 9.17) is 9.47 Å². The van der Waals surface area contributed by atoms with E-state index in [1.165, 1.54) is 0 Å². The molecule has 21 heavy (non-hydrogen) atoms. The van der Waals surface area contributed by atoms with Gasteiger partial charge >= 0.3 is 0 Å². The number of rotatable bonds is 5. The molecule has 0 radical (unpaired) electrons. The molecule has 114 valence electrons. The van der Waals surface area contributed by atoms with Crippen LogP contribution in [-0.2, 0) is 14.3 Å². The number of carbonyl (C=O) groups is 2. The van der Waals surface area contributed by atoms with Crippen LogP contribution in [0.4, 0.5) is 0 Å². The van der Waals surface area contributed by atoms with Gasteiger partial charge in [-0.15, -0.1) is 0 Å². The highest BCUT2D eigenvalue weighted by molar-refractivity contribution is 5.80. The van der Waals surface area contributed by atoms with Gasteiger partial charge < -0.3 is 20.1 Å². The Kier molecular flexibility index (Phi) is 5.57. The number of benzene rings is 1. The van der Waals surface area contributed by atoms with Crippen molar-refractivity contribution in [1.29, 1.82) is 0 Å². The Morgan fingerprint density at radius 3 is 2.67 bits per heavy atom. The van der Waals surface area contributed by atoms with Crippen LogP contribution in [0.2, 0.25) is 0 Å². The lowest BCUT2D eigenvalue weighted by Gasteiger charge is -2.28. The summed E-state index contributed by atoms with van der Waals surface area (Å²) >= 11 is 0. The summed E-state index contributed by atoms with van der Waals surface area (Å²) in [6.07, 6.45) is 0.906. The van der Waals surface area contributed by atoms with Crippen molar-refractivity contribution >= 4 is 11.8 Å². The Morgan fingerprint density at radius 2 is 2.05 bits per heavy atom. The van der Waals surface area contributed by atoms with Crippen molar-refractivity contribution in [2.24, 2.45) is 0 Å². The molecule has 0 bridgehead atoms. The summed E-state index contributed by atoms with van der Waals surface area (Å²) in [5.74, 6) is 0.352. The summed E-state index contributed by atoms with van der Waals surface area (Å²) in [7, 11) is 1.58. The maximum absolute atomic E-state index is 11.8. The lowest BCUT2D eigenvalue weighted by Crippen LogP contribution is -2.47. The average molecular weight is 292 g/mol. The molecule has 1 aromatic rings. The van der Waals surface area contributed by atoms with Gasteiger partial charge in [-0.3, -0.25) is 9.59 Å². The van der Waals surface area contributed by atoms with E-state index in [1.807, 2.05) is 18.2 Å². The van der Waals surface area contributed by atoms with E-state index in [0.29, 0.717) is 18.8 Å². The van der Waals surface area contributed by atoms with Crippen LogP contribution < -0.4 is 15.4 Å². The second-order valence-electron chi connectivity index (χ2n) is 4.88. The SMILES string of the molecule is CNC(=O)C1CCC(NC(=O)COc2ccccc2)CO1. The number of nitrogens with one attached hydrogen (secondary N) is 2. The zero-order valence-corrected chi connectivity index (χ0v) is 12.0. The molecule has 2 unspecified atom stereocenters. The standard InChI is InChI=1S/C15H20N2O4/c1-16-15(19)13-8-7-11(9-21-13)17-14(18)10-20-12-5-3-2-4-6-12/h2-6,11,13H,7-10H2,1H3,(H,16,19)(H,17,18). The van der Waals surface area contributed by atoms with Gasteiger partial charge in [0, 0.05) is 7.05 Å². The molecule has 1 heterocycles. The molecule has 1 fully saturated rings. The zero-order valence-electron chi connectivity index (χ0n) is 12.0. The fourth-order valence-corrected chi connectivity index (χ4v) is 2.17. The second kappa shape index (κ2) is 7.64. The maximum Gasteiger partial charge on any atom is 0.258 e. The molecule has 1 aromatic carbocycles. The first-order chi connectivity index (χ1) is 10.2. The minimum atomic E-state index is -0.413. The van der Waals surface area contributed by atoms with Crippen LogP contribution in [0.15, 0.2) is 30.3 Å². The van der Waals surface area contributed by atoms with Crippen LogP contribution in [0.5, 0.6) is 5.75 Å². The van der Waals surface area contributed by atoms with Crippen molar-refractivity contribution in [1.82, 2.24) is 10.6 Å². The first kappa shape index (κ1) is 15.3. The van der Waals surface area contributed by atoms with Gasteiger partial charge in [0.25, 0.3) is 5.91 Å². The molecule has 0 spiro atoms. The van der Waals surface area contributed by atoms with E-state index < -0.39 is 6.10 Å². The first-order valence-corrected chi connectivity index (χ1v) is 6.99. The molecule has 2 atom stereocenters. The van der Waals surface area contributed by atoms with Crippen molar-refractivity contribution in [2.45, 2.75) is 25.0 Å². The highest BCUT2D eigenvalue weighted by Crippen LogP contribution is 2.14. The Hall–Kier alpha value is -2.08. The second-order valence-corrected chi connectivity index (χ2v) is 4.88. The van der Waals surface area contributed by atoms with Gasteiger partial charge in [0.05, 0.1) is 12.6 Å². The molecule has 1 aliphatic heterocycles. The number of hydrogen-bond acceptors (Lipinski definition) is 4. The number of para-hydroxylation sites is 1. The van der Waals surface area contributed by atoms with Crippen LogP contribution in [0.25, 0.3) is 0 Å². The van der Waals surface area contributed by atoms with Gasteiger partial charge in [-0.2, -0.15) is 0 Å². The fraction of sp³-hybridized carbons (Fsp3) is 0.467. The number of hydrogen-bond donors (Lipinski definition) is 2. The third-order valence-corrected chi connectivity index (χ3v) is 3.29. The maximum atomic E-state index is 11.8. The van der Waals surface area contributed by atoms with Crippen molar-refractivity contribution < 1.29 is 19.1 Å². The zero-order chi connectivity index (χ0) is 15.1. The molecule has 0 aromatic heterocycles. The lowest BCUT2D eigenvalue weighted by atomic mass is 10.0. The smallest absolute Gasteiger partial charge is 0.258 e. The van der Waals surface area contributed by atoms with Gasteiger partial charge in [-0.1, -0.05) is 18.2 Å². The molecule has 1 saturated heterocycles. The van der Waals surface area contributed by atoms with Gasteiger partial charge in [-0.05, 0) is 25.0 Å². The summed E-state index contributed by atoms with van der Waals surface area (Å²) in [6, 6.07) is 9.10. The number of carbonyl (C=O) groups excluding carboxylic acids is 2. The van der Waals surface area contributed by atoms with E-state index in [-0.39, 0.29) is 24.5 Å². The Labute approximate surface area is 123 Å². The Balaban J connectivity index is 1.68. The predicted octanol–water partition coefficient (Wildman–Crippen LogP) is 0.475. The van der Waals surface area contributed by atoms with Crippen LogP contribution in [0.3, 0.4) is 0 Å². The summed E-state index contributed by atoms with van der Waals surface area (Å²) in [5.41, 5.74) is 0. The van der Waals surface area contributed by atoms with Crippen molar-refractivity contribution in [3.8, 4) is 5.75 Å². The molecule has 0 saturated carbocycles. The normalized spacial score (nSPS) is 21.4. The third kappa shape index (κ3) is 4.75. The van der Waals surface area contributed by atoms with Crippen molar-refractivity contribution in [2.75, 3.05) is 20.3 Å². The van der Waals surface area contributed by atoms with Crippen molar-refractivity contribution in [3.63, 3.8) is 0 Å². The minimum Gasteiger partial charge on any atom is -0.484 e. The van der Waals surface area contributed by atoms with Gasteiger partial charge in [0.2, 0.25) is 5.91 Å². The molecule has 0 aliphatic carbocycles. The first-order valence-electron chi connectivity index (χ1n) is 6.99. The molecule has 2 N–H and O–H groups in total. The monoisotopic (exact) mass is 292 g/mol. The van der Waals surface area contributed by atoms with E-state index in [2.05, 4.69) is 10.6 Å². The number of amides is 2. The summed E-state index contributed by atoms with van der Waals surface area (Å²) in [6.45, 7) is 0.314. The van der Waals surface area contributed by atoms with Crippen LogP contribution in [-0.4, -0.2) is 44.2 Å². The molecule has 2 rings (SSSR count). The van der Waals surface area contributed by atoms with Crippen LogP contribution >= 0.6 is 0 Å². The summed E-state index contributed by atoms with van der Waals surface area (Å²) in [4.78, 5) is 23.2. The quantitative estimate of drug-likeness (QED) is 0.827. The van der Waals surface area contributed by atoms with E-state index in [1.54, 1.807) is 19.2 Å². The Morgan fingerprint density at radius 1 is 1.29 bits per heavy atom. The fourth-order valence-electron chi connectivity index (χ4n) is 2.17. The predicted molar refractivity (Wildman–Crippen MR) is 76.9 cm³/mol. The number of likely N-dealkylation sites (N-methyl/N-ethyl adjacent to an activating group) is 1. The molecule has 6 heteroatoms. The minimum absolute atomic E-state index is 0.0284. The van der Waals surface area contributed by atoms with Gasteiger partial charge in [-0.25, -0.2) is 0 Å². The Bertz CT molecular complexity index is 470. The topological polar surface area (TPSA) is 76.7 Å².